The van der Waals surface area contributed by atoms with Crippen molar-refractivity contribution < 1.29 is 12.8 Å². The van der Waals surface area contributed by atoms with Gasteiger partial charge in [0.25, 0.3) is 10.0 Å². The fraction of sp³-hybridized carbons (Fsp3) is 0.0769. The van der Waals surface area contributed by atoms with Gasteiger partial charge in [-0.2, -0.15) is 0 Å². The van der Waals surface area contributed by atoms with Crippen molar-refractivity contribution in [2.75, 3.05) is 4.72 Å². The van der Waals surface area contributed by atoms with Crippen LogP contribution < -0.4 is 4.72 Å². The van der Waals surface area contributed by atoms with Gasteiger partial charge in [-0.1, -0.05) is 29.8 Å². The first-order valence-corrected chi connectivity index (χ1v) is 6.81. The number of anilines is 1. The molecule has 0 saturated heterocycles. The van der Waals surface area contributed by atoms with Crippen LogP contribution in [0.4, 0.5) is 10.1 Å². The normalized spacial score (nSPS) is 11.2. The summed E-state index contributed by atoms with van der Waals surface area (Å²) in [6, 6.07) is 12.0. The van der Waals surface area contributed by atoms with E-state index in [1.807, 2.05) is 6.92 Å². The summed E-state index contributed by atoms with van der Waals surface area (Å²) in [5.41, 5.74) is 0.901. The van der Waals surface area contributed by atoms with Gasteiger partial charge in [0, 0.05) is 0 Å². The monoisotopic (exact) mass is 265 g/mol. The molecule has 2 aromatic carbocycles. The molecule has 94 valence electrons. The van der Waals surface area contributed by atoms with Crippen LogP contribution in [0.5, 0.6) is 0 Å². The lowest BCUT2D eigenvalue weighted by atomic mass is 10.2. The molecule has 0 heterocycles. The Bertz CT molecular complexity index is 651. The van der Waals surface area contributed by atoms with Crippen molar-refractivity contribution in [1.82, 2.24) is 0 Å². The van der Waals surface area contributed by atoms with E-state index in [-0.39, 0.29) is 10.6 Å². The van der Waals surface area contributed by atoms with E-state index in [1.165, 1.54) is 30.3 Å². The van der Waals surface area contributed by atoms with E-state index in [4.69, 9.17) is 0 Å². The lowest BCUT2D eigenvalue weighted by molar-refractivity contribution is 0.598. The molecule has 5 heteroatoms. The average Bonchev–Trinajstić information content (AvgIpc) is 2.32. The molecule has 0 amide bonds. The molecular formula is C13H12FNO2S. The van der Waals surface area contributed by atoms with Crippen LogP contribution in [0.25, 0.3) is 0 Å². The maximum atomic E-state index is 13.4. The predicted molar refractivity (Wildman–Crippen MR) is 68.4 cm³/mol. The van der Waals surface area contributed by atoms with Crippen LogP contribution in [0.15, 0.2) is 53.4 Å². The summed E-state index contributed by atoms with van der Waals surface area (Å²) in [6.07, 6.45) is 0. The minimum absolute atomic E-state index is 0.0573. The summed E-state index contributed by atoms with van der Waals surface area (Å²) in [5.74, 6) is -0.604. The van der Waals surface area contributed by atoms with E-state index in [1.54, 1.807) is 18.2 Å². The lowest BCUT2D eigenvalue weighted by Crippen LogP contribution is -2.13. The molecular weight excluding hydrogens is 253 g/mol. The standard InChI is InChI=1S/C13H12FNO2S/c1-10-6-8-11(9-7-10)18(16,17)15-13-5-3-2-4-12(13)14/h2-9,15H,1H3. The minimum atomic E-state index is -3.74. The summed E-state index contributed by atoms with van der Waals surface area (Å²) >= 11 is 0. The molecule has 0 aliphatic carbocycles. The van der Waals surface area contributed by atoms with E-state index in [0.717, 1.165) is 5.56 Å². The summed E-state index contributed by atoms with van der Waals surface area (Å²) in [7, 11) is -3.74. The van der Waals surface area contributed by atoms with E-state index in [2.05, 4.69) is 4.72 Å². The number of sulfonamides is 1. The molecule has 0 aliphatic heterocycles. The van der Waals surface area contributed by atoms with Crippen molar-refractivity contribution in [3.8, 4) is 0 Å². The molecule has 2 rings (SSSR count). The first kappa shape index (κ1) is 12.6. The zero-order chi connectivity index (χ0) is 13.2. The quantitative estimate of drug-likeness (QED) is 0.927. The molecule has 1 N–H and O–H groups in total. The van der Waals surface area contributed by atoms with Gasteiger partial charge in [0.05, 0.1) is 10.6 Å². The van der Waals surface area contributed by atoms with Crippen molar-refractivity contribution in [3.05, 3.63) is 59.9 Å². The number of aryl methyl sites for hydroxylation is 1. The molecule has 3 nitrogen and oxygen atoms in total. The SMILES string of the molecule is Cc1ccc(S(=O)(=O)Nc2ccccc2F)cc1. The highest BCUT2D eigenvalue weighted by Crippen LogP contribution is 2.18. The van der Waals surface area contributed by atoms with Gasteiger partial charge in [-0.05, 0) is 31.2 Å². The number of hydrogen-bond acceptors (Lipinski definition) is 2. The van der Waals surface area contributed by atoms with Crippen LogP contribution in [-0.2, 0) is 10.0 Å². The maximum Gasteiger partial charge on any atom is 0.261 e. The third-order valence-electron chi connectivity index (χ3n) is 2.45. The number of rotatable bonds is 3. The van der Waals surface area contributed by atoms with E-state index in [9.17, 15) is 12.8 Å². The van der Waals surface area contributed by atoms with Crippen molar-refractivity contribution in [2.24, 2.45) is 0 Å². The van der Waals surface area contributed by atoms with Crippen LogP contribution in [0.1, 0.15) is 5.56 Å². The summed E-state index contributed by atoms with van der Waals surface area (Å²) < 4.78 is 39.6. The second kappa shape index (κ2) is 4.78. The largest absolute Gasteiger partial charge is 0.277 e. The van der Waals surface area contributed by atoms with Crippen molar-refractivity contribution in [2.45, 2.75) is 11.8 Å². The van der Waals surface area contributed by atoms with Crippen molar-refractivity contribution in [1.29, 1.82) is 0 Å². The number of benzene rings is 2. The average molecular weight is 265 g/mol. The Morgan fingerprint density at radius 3 is 2.22 bits per heavy atom. The van der Waals surface area contributed by atoms with E-state index >= 15 is 0 Å². The van der Waals surface area contributed by atoms with Crippen LogP contribution in [0, 0.1) is 12.7 Å². The fourth-order valence-corrected chi connectivity index (χ4v) is 2.53. The van der Waals surface area contributed by atoms with Crippen LogP contribution in [0.3, 0.4) is 0 Å². The third kappa shape index (κ3) is 2.68. The molecule has 0 aromatic heterocycles. The Morgan fingerprint density at radius 2 is 1.61 bits per heavy atom. The van der Waals surface area contributed by atoms with Gasteiger partial charge in [-0.15, -0.1) is 0 Å². The van der Waals surface area contributed by atoms with Gasteiger partial charge in [-0.3, -0.25) is 4.72 Å². The Labute approximate surface area is 105 Å². The van der Waals surface area contributed by atoms with Crippen molar-refractivity contribution in [3.63, 3.8) is 0 Å². The summed E-state index contributed by atoms with van der Waals surface area (Å²) in [6.45, 7) is 1.86. The molecule has 2 aromatic rings. The predicted octanol–water partition coefficient (Wildman–Crippen LogP) is 2.93. The van der Waals surface area contributed by atoms with Gasteiger partial charge in [0.15, 0.2) is 0 Å². The zero-order valence-corrected chi connectivity index (χ0v) is 10.5. The number of halogens is 1. The Kier molecular flexibility index (Phi) is 3.34. The Morgan fingerprint density at radius 1 is 1.00 bits per heavy atom. The molecule has 0 unspecified atom stereocenters. The third-order valence-corrected chi connectivity index (χ3v) is 3.83. The Balaban J connectivity index is 2.33. The van der Waals surface area contributed by atoms with Crippen LogP contribution >= 0.6 is 0 Å². The zero-order valence-electron chi connectivity index (χ0n) is 9.72. The van der Waals surface area contributed by atoms with Gasteiger partial charge in [0.2, 0.25) is 0 Å². The van der Waals surface area contributed by atoms with Gasteiger partial charge < -0.3 is 0 Å². The molecule has 18 heavy (non-hydrogen) atoms. The number of hydrogen-bond donors (Lipinski definition) is 1. The lowest BCUT2D eigenvalue weighted by Gasteiger charge is -2.08. The first-order chi connectivity index (χ1) is 8.49. The van der Waals surface area contributed by atoms with Crippen LogP contribution in [-0.4, -0.2) is 8.42 Å². The smallest absolute Gasteiger partial charge is 0.261 e. The number of para-hydroxylation sites is 1. The molecule has 0 saturated carbocycles. The topological polar surface area (TPSA) is 46.2 Å². The molecule has 0 radical (unpaired) electrons. The second-order valence-electron chi connectivity index (χ2n) is 3.90. The summed E-state index contributed by atoms with van der Waals surface area (Å²) in [5, 5.41) is 0. The van der Waals surface area contributed by atoms with Gasteiger partial charge in [-0.25, -0.2) is 12.8 Å². The molecule has 0 bridgehead atoms. The molecule has 0 aliphatic rings. The molecule has 0 fully saturated rings. The molecule has 0 atom stereocenters. The molecule has 0 spiro atoms. The van der Waals surface area contributed by atoms with Crippen molar-refractivity contribution >= 4 is 15.7 Å². The highest BCUT2D eigenvalue weighted by molar-refractivity contribution is 7.92. The van der Waals surface area contributed by atoms with E-state index < -0.39 is 15.8 Å². The van der Waals surface area contributed by atoms with E-state index in [0.29, 0.717) is 0 Å². The first-order valence-electron chi connectivity index (χ1n) is 5.33. The minimum Gasteiger partial charge on any atom is -0.277 e. The van der Waals surface area contributed by atoms with Crippen LogP contribution in [0.2, 0.25) is 0 Å². The highest BCUT2D eigenvalue weighted by Gasteiger charge is 2.15. The number of nitrogens with one attached hydrogen (secondary N) is 1. The highest BCUT2D eigenvalue weighted by atomic mass is 32.2. The second-order valence-corrected chi connectivity index (χ2v) is 5.58. The summed E-state index contributed by atoms with van der Waals surface area (Å²) in [4.78, 5) is 0.108. The Hall–Kier alpha value is -1.88. The fourth-order valence-electron chi connectivity index (χ4n) is 1.47. The van der Waals surface area contributed by atoms with Gasteiger partial charge >= 0.3 is 0 Å². The maximum absolute atomic E-state index is 13.4. The van der Waals surface area contributed by atoms with Gasteiger partial charge in [0.1, 0.15) is 5.82 Å².